The number of nitrogen functional groups attached to an aromatic ring is 1. The van der Waals surface area contributed by atoms with Crippen molar-refractivity contribution >= 4 is 11.4 Å². The number of halogens is 1. The first-order valence-corrected chi connectivity index (χ1v) is 4.53. The van der Waals surface area contributed by atoms with Crippen molar-refractivity contribution in [1.29, 1.82) is 0 Å². The van der Waals surface area contributed by atoms with Crippen molar-refractivity contribution in [2.24, 2.45) is 5.92 Å². The summed E-state index contributed by atoms with van der Waals surface area (Å²) in [7, 11) is 0. The highest BCUT2D eigenvalue weighted by atomic mass is 19.1. The summed E-state index contributed by atoms with van der Waals surface area (Å²) in [5.74, 6) is -0.192. The summed E-state index contributed by atoms with van der Waals surface area (Å²) >= 11 is 0. The van der Waals surface area contributed by atoms with E-state index in [1.54, 1.807) is 6.07 Å². The Kier molecular flexibility index (Phi) is 3.71. The minimum atomic E-state index is -0.344. The molecule has 0 aliphatic heterocycles. The average molecular weight is 198 g/mol. The van der Waals surface area contributed by atoms with E-state index in [1.807, 2.05) is 6.92 Å². The molecule has 4 N–H and O–H groups in total. The largest absolute Gasteiger partial charge is 0.397 e. The SMILES string of the molecule is CC(CO)CNc1ccc(F)cc1N. The summed E-state index contributed by atoms with van der Waals surface area (Å²) in [4.78, 5) is 0. The number of rotatable bonds is 4. The van der Waals surface area contributed by atoms with Gasteiger partial charge in [-0.05, 0) is 24.1 Å². The van der Waals surface area contributed by atoms with Crippen LogP contribution in [0.2, 0.25) is 0 Å². The molecule has 0 aromatic heterocycles. The molecule has 14 heavy (non-hydrogen) atoms. The average Bonchev–Trinajstić information content (AvgIpc) is 2.16. The highest BCUT2D eigenvalue weighted by molar-refractivity contribution is 5.65. The lowest BCUT2D eigenvalue weighted by molar-refractivity contribution is 0.244. The molecule has 1 atom stereocenters. The van der Waals surface area contributed by atoms with Crippen molar-refractivity contribution in [2.75, 3.05) is 24.2 Å². The summed E-state index contributed by atoms with van der Waals surface area (Å²) in [6.45, 7) is 2.65. The van der Waals surface area contributed by atoms with E-state index in [2.05, 4.69) is 5.32 Å². The Morgan fingerprint density at radius 2 is 2.29 bits per heavy atom. The van der Waals surface area contributed by atoms with Crippen LogP contribution in [-0.4, -0.2) is 18.3 Å². The van der Waals surface area contributed by atoms with Gasteiger partial charge in [-0.1, -0.05) is 6.92 Å². The smallest absolute Gasteiger partial charge is 0.125 e. The van der Waals surface area contributed by atoms with Crippen molar-refractivity contribution in [3.8, 4) is 0 Å². The number of benzene rings is 1. The maximum absolute atomic E-state index is 12.7. The molecule has 1 rings (SSSR count). The van der Waals surface area contributed by atoms with E-state index in [0.717, 1.165) is 0 Å². The monoisotopic (exact) mass is 198 g/mol. The van der Waals surface area contributed by atoms with Gasteiger partial charge in [0.2, 0.25) is 0 Å². The van der Waals surface area contributed by atoms with Crippen LogP contribution in [0.15, 0.2) is 18.2 Å². The Bertz CT molecular complexity index is 304. The molecule has 78 valence electrons. The first-order valence-electron chi connectivity index (χ1n) is 4.53. The van der Waals surface area contributed by atoms with Gasteiger partial charge in [0.25, 0.3) is 0 Å². The molecule has 1 aromatic carbocycles. The van der Waals surface area contributed by atoms with Crippen molar-refractivity contribution in [2.45, 2.75) is 6.92 Å². The van der Waals surface area contributed by atoms with Crippen LogP contribution in [0.1, 0.15) is 6.92 Å². The zero-order valence-electron chi connectivity index (χ0n) is 8.13. The Balaban J connectivity index is 2.59. The Hall–Kier alpha value is -1.29. The van der Waals surface area contributed by atoms with Crippen LogP contribution in [0.4, 0.5) is 15.8 Å². The maximum Gasteiger partial charge on any atom is 0.125 e. The van der Waals surface area contributed by atoms with E-state index >= 15 is 0 Å². The van der Waals surface area contributed by atoms with E-state index in [0.29, 0.717) is 17.9 Å². The van der Waals surface area contributed by atoms with E-state index in [1.165, 1.54) is 12.1 Å². The third-order valence-electron chi connectivity index (χ3n) is 1.97. The molecule has 0 saturated heterocycles. The van der Waals surface area contributed by atoms with E-state index in [-0.39, 0.29) is 18.3 Å². The fraction of sp³-hybridized carbons (Fsp3) is 0.400. The van der Waals surface area contributed by atoms with E-state index in [9.17, 15) is 4.39 Å². The van der Waals surface area contributed by atoms with Gasteiger partial charge in [0.1, 0.15) is 5.82 Å². The molecule has 0 bridgehead atoms. The van der Waals surface area contributed by atoms with Gasteiger partial charge in [0.15, 0.2) is 0 Å². The Morgan fingerprint density at radius 1 is 1.57 bits per heavy atom. The second kappa shape index (κ2) is 4.81. The first-order chi connectivity index (χ1) is 6.63. The van der Waals surface area contributed by atoms with Crippen LogP contribution < -0.4 is 11.1 Å². The first kappa shape index (κ1) is 10.8. The van der Waals surface area contributed by atoms with Crippen LogP contribution in [0.5, 0.6) is 0 Å². The molecule has 0 saturated carbocycles. The summed E-state index contributed by atoms with van der Waals surface area (Å²) in [6, 6.07) is 4.21. The zero-order valence-corrected chi connectivity index (χ0v) is 8.13. The molecule has 0 radical (unpaired) electrons. The van der Waals surface area contributed by atoms with Crippen molar-refractivity contribution in [3.63, 3.8) is 0 Å². The quantitative estimate of drug-likeness (QED) is 0.642. The summed E-state index contributed by atoms with van der Waals surface area (Å²) < 4.78 is 12.7. The second-order valence-corrected chi connectivity index (χ2v) is 3.40. The van der Waals surface area contributed by atoms with Crippen LogP contribution in [0.25, 0.3) is 0 Å². The minimum Gasteiger partial charge on any atom is -0.397 e. The number of nitrogens with two attached hydrogens (primary N) is 1. The molecule has 0 spiro atoms. The second-order valence-electron chi connectivity index (χ2n) is 3.40. The maximum atomic E-state index is 12.7. The number of aliphatic hydroxyl groups excluding tert-OH is 1. The van der Waals surface area contributed by atoms with Gasteiger partial charge in [-0.3, -0.25) is 0 Å². The van der Waals surface area contributed by atoms with Crippen LogP contribution in [0.3, 0.4) is 0 Å². The Morgan fingerprint density at radius 3 is 2.86 bits per heavy atom. The standard InChI is InChI=1S/C10H15FN2O/c1-7(6-14)5-13-10-3-2-8(11)4-9(10)12/h2-4,7,13-14H,5-6,12H2,1H3. The highest BCUT2D eigenvalue weighted by Crippen LogP contribution is 2.19. The molecule has 0 heterocycles. The van der Waals surface area contributed by atoms with Gasteiger partial charge in [-0.25, -0.2) is 4.39 Å². The van der Waals surface area contributed by atoms with Gasteiger partial charge < -0.3 is 16.2 Å². The molecule has 1 unspecified atom stereocenters. The lowest BCUT2D eigenvalue weighted by atomic mass is 10.2. The Labute approximate surface area is 82.7 Å². The van der Waals surface area contributed by atoms with Crippen LogP contribution in [-0.2, 0) is 0 Å². The third-order valence-corrected chi connectivity index (χ3v) is 1.97. The summed E-state index contributed by atoms with van der Waals surface area (Å²) in [6.07, 6.45) is 0. The summed E-state index contributed by atoms with van der Waals surface area (Å²) in [5.41, 5.74) is 6.67. The van der Waals surface area contributed by atoms with Gasteiger partial charge in [-0.15, -0.1) is 0 Å². The highest BCUT2D eigenvalue weighted by Gasteiger charge is 2.02. The summed E-state index contributed by atoms with van der Waals surface area (Å²) in [5, 5.41) is 11.8. The molecule has 3 nitrogen and oxygen atoms in total. The van der Waals surface area contributed by atoms with E-state index in [4.69, 9.17) is 10.8 Å². The minimum absolute atomic E-state index is 0.119. The van der Waals surface area contributed by atoms with Crippen LogP contribution >= 0.6 is 0 Å². The van der Waals surface area contributed by atoms with Crippen LogP contribution in [0, 0.1) is 11.7 Å². The number of hydrogen-bond acceptors (Lipinski definition) is 3. The molecule has 0 amide bonds. The lowest BCUT2D eigenvalue weighted by Gasteiger charge is -2.12. The van der Waals surface area contributed by atoms with Crippen molar-refractivity contribution in [3.05, 3.63) is 24.0 Å². The molecule has 4 heteroatoms. The fourth-order valence-electron chi connectivity index (χ4n) is 1.04. The van der Waals surface area contributed by atoms with Gasteiger partial charge >= 0.3 is 0 Å². The molecule has 0 fully saturated rings. The van der Waals surface area contributed by atoms with E-state index < -0.39 is 0 Å². The number of hydrogen-bond donors (Lipinski definition) is 3. The van der Waals surface area contributed by atoms with Crippen molar-refractivity contribution < 1.29 is 9.50 Å². The number of nitrogens with one attached hydrogen (secondary N) is 1. The van der Waals surface area contributed by atoms with Gasteiger partial charge in [0.05, 0.1) is 11.4 Å². The third kappa shape index (κ3) is 2.88. The molecule has 0 aliphatic rings. The number of anilines is 2. The normalized spacial score (nSPS) is 12.5. The lowest BCUT2D eigenvalue weighted by Crippen LogP contribution is -2.15. The topological polar surface area (TPSA) is 58.3 Å². The molecule has 1 aromatic rings. The predicted octanol–water partition coefficient (Wildman–Crippen LogP) is 1.45. The van der Waals surface area contributed by atoms with Gasteiger partial charge in [0, 0.05) is 13.2 Å². The molecule has 0 aliphatic carbocycles. The molecular formula is C10H15FN2O. The molecular weight excluding hydrogens is 183 g/mol. The van der Waals surface area contributed by atoms with Crippen molar-refractivity contribution in [1.82, 2.24) is 0 Å². The van der Waals surface area contributed by atoms with Gasteiger partial charge in [-0.2, -0.15) is 0 Å². The predicted molar refractivity (Wildman–Crippen MR) is 55.6 cm³/mol. The number of aliphatic hydroxyl groups is 1. The fourth-order valence-corrected chi connectivity index (χ4v) is 1.04. The zero-order chi connectivity index (χ0) is 10.6.